The Hall–Kier alpha value is -0.320. The highest BCUT2D eigenvalue weighted by Gasteiger charge is 2.40. The van der Waals surface area contributed by atoms with Crippen molar-refractivity contribution in [1.29, 1.82) is 0 Å². The van der Waals surface area contributed by atoms with Gasteiger partial charge in [-0.3, -0.25) is 4.79 Å². The lowest BCUT2D eigenvalue weighted by Crippen LogP contribution is -2.44. The van der Waals surface area contributed by atoms with E-state index in [9.17, 15) is 4.79 Å². The van der Waals surface area contributed by atoms with Gasteiger partial charge in [0, 0.05) is 18.9 Å². The third-order valence-corrected chi connectivity index (χ3v) is 6.03. The van der Waals surface area contributed by atoms with Crippen LogP contribution in [0.1, 0.15) is 31.2 Å². The number of hydrogen-bond donors (Lipinski definition) is 0. The SMILES string of the molecule is O=C(Cc1ccsc1)C1CCOC2(CCSCC2)C1. The fraction of sp³-hybridized carbons (Fsp3) is 0.667. The van der Waals surface area contributed by atoms with E-state index < -0.39 is 0 Å². The van der Waals surface area contributed by atoms with Crippen molar-refractivity contribution in [2.24, 2.45) is 5.92 Å². The van der Waals surface area contributed by atoms with Gasteiger partial charge in [-0.05, 0) is 59.6 Å². The molecule has 1 unspecified atom stereocenters. The molecule has 0 N–H and O–H groups in total. The van der Waals surface area contributed by atoms with Crippen LogP contribution in [-0.2, 0) is 16.0 Å². The summed E-state index contributed by atoms with van der Waals surface area (Å²) in [5.41, 5.74) is 1.20. The van der Waals surface area contributed by atoms with Crippen LogP contribution in [0, 0.1) is 5.92 Å². The van der Waals surface area contributed by atoms with E-state index in [1.54, 1.807) is 11.3 Å². The molecule has 2 fully saturated rings. The topological polar surface area (TPSA) is 26.3 Å². The number of ether oxygens (including phenoxy) is 1. The van der Waals surface area contributed by atoms with Gasteiger partial charge in [-0.15, -0.1) is 0 Å². The van der Waals surface area contributed by atoms with Gasteiger partial charge in [-0.2, -0.15) is 23.1 Å². The summed E-state index contributed by atoms with van der Waals surface area (Å²) in [5, 5.41) is 4.14. The average Bonchev–Trinajstić information content (AvgIpc) is 2.92. The van der Waals surface area contributed by atoms with Gasteiger partial charge in [0.05, 0.1) is 5.60 Å². The fourth-order valence-corrected chi connectivity index (χ4v) is 5.04. The third kappa shape index (κ3) is 3.23. The van der Waals surface area contributed by atoms with Gasteiger partial charge < -0.3 is 4.74 Å². The van der Waals surface area contributed by atoms with E-state index in [0.29, 0.717) is 12.2 Å². The molecule has 2 nitrogen and oxygen atoms in total. The Morgan fingerprint density at radius 2 is 2.26 bits per heavy atom. The van der Waals surface area contributed by atoms with Crippen LogP contribution in [0.5, 0.6) is 0 Å². The van der Waals surface area contributed by atoms with Gasteiger partial charge in [0.2, 0.25) is 0 Å². The minimum Gasteiger partial charge on any atom is -0.375 e. The highest BCUT2D eigenvalue weighted by Crippen LogP contribution is 2.40. The molecule has 104 valence electrons. The Balaban J connectivity index is 1.62. The maximum Gasteiger partial charge on any atom is 0.140 e. The first-order valence-corrected chi connectivity index (χ1v) is 9.13. The lowest BCUT2D eigenvalue weighted by atomic mass is 9.79. The number of carbonyl (C=O) groups excluding carboxylic acids is 1. The molecule has 0 bridgehead atoms. The largest absolute Gasteiger partial charge is 0.375 e. The van der Waals surface area contributed by atoms with Gasteiger partial charge in [-0.25, -0.2) is 0 Å². The monoisotopic (exact) mass is 296 g/mol. The summed E-state index contributed by atoms with van der Waals surface area (Å²) in [5.74, 6) is 3.01. The third-order valence-electron chi connectivity index (χ3n) is 4.31. The Bertz CT molecular complexity index is 416. The van der Waals surface area contributed by atoms with Gasteiger partial charge in [0.25, 0.3) is 0 Å². The van der Waals surface area contributed by atoms with Gasteiger partial charge in [0.15, 0.2) is 0 Å². The van der Waals surface area contributed by atoms with Crippen LogP contribution in [0.4, 0.5) is 0 Å². The van der Waals surface area contributed by atoms with E-state index in [2.05, 4.69) is 11.4 Å². The zero-order chi connectivity index (χ0) is 13.1. The molecule has 4 heteroatoms. The molecule has 3 heterocycles. The van der Waals surface area contributed by atoms with Crippen LogP contribution in [0.3, 0.4) is 0 Å². The first kappa shape index (κ1) is 13.7. The van der Waals surface area contributed by atoms with Crippen LogP contribution in [0.25, 0.3) is 0 Å². The zero-order valence-corrected chi connectivity index (χ0v) is 12.7. The number of hydrogen-bond acceptors (Lipinski definition) is 4. The highest BCUT2D eigenvalue weighted by molar-refractivity contribution is 7.99. The Kier molecular flexibility index (Phi) is 4.30. The summed E-state index contributed by atoms with van der Waals surface area (Å²) in [6.45, 7) is 0.769. The maximum atomic E-state index is 12.4. The molecular weight excluding hydrogens is 276 g/mol. The Morgan fingerprint density at radius 3 is 3.00 bits per heavy atom. The minimum absolute atomic E-state index is 0.0263. The molecule has 2 aliphatic rings. The fourth-order valence-electron chi connectivity index (χ4n) is 3.13. The molecule has 3 rings (SSSR count). The number of ketones is 1. The summed E-state index contributed by atoms with van der Waals surface area (Å²) in [6.07, 6.45) is 4.73. The summed E-state index contributed by atoms with van der Waals surface area (Å²) in [4.78, 5) is 12.4. The average molecular weight is 296 g/mol. The van der Waals surface area contributed by atoms with Gasteiger partial charge >= 0.3 is 0 Å². The van der Waals surface area contributed by atoms with Crippen molar-refractivity contribution in [3.8, 4) is 0 Å². The number of Topliss-reactive ketones (excluding diaryl/α,β-unsaturated/α-hetero) is 1. The molecule has 0 amide bonds. The first-order valence-electron chi connectivity index (χ1n) is 7.03. The van der Waals surface area contributed by atoms with E-state index >= 15 is 0 Å². The summed E-state index contributed by atoms with van der Waals surface area (Å²) < 4.78 is 6.06. The van der Waals surface area contributed by atoms with Crippen molar-refractivity contribution < 1.29 is 9.53 Å². The van der Waals surface area contributed by atoms with Crippen LogP contribution in [0.2, 0.25) is 0 Å². The van der Waals surface area contributed by atoms with E-state index in [-0.39, 0.29) is 11.5 Å². The quantitative estimate of drug-likeness (QED) is 0.853. The molecule has 1 aromatic rings. The number of rotatable bonds is 3. The van der Waals surface area contributed by atoms with Gasteiger partial charge in [-0.1, -0.05) is 0 Å². The molecule has 2 aliphatic heterocycles. The standard InChI is InChI=1S/C15H20O2S2/c16-14(9-12-2-6-19-11-12)13-1-5-17-15(10-13)3-7-18-8-4-15/h2,6,11,13H,1,3-5,7-10H2. The molecule has 0 saturated carbocycles. The Labute approximate surface area is 122 Å². The summed E-state index contributed by atoms with van der Waals surface area (Å²) in [6, 6.07) is 2.06. The molecule has 19 heavy (non-hydrogen) atoms. The summed E-state index contributed by atoms with van der Waals surface area (Å²) in [7, 11) is 0. The molecule has 0 aliphatic carbocycles. The molecule has 0 aromatic carbocycles. The van der Waals surface area contributed by atoms with E-state index in [4.69, 9.17) is 4.74 Å². The lowest BCUT2D eigenvalue weighted by molar-refractivity contribution is -0.137. The molecule has 1 atom stereocenters. The zero-order valence-electron chi connectivity index (χ0n) is 11.1. The van der Waals surface area contributed by atoms with Crippen LogP contribution in [0.15, 0.2) is 16.8 Å². The van der Waals surface area contributed by atoms with Crippen molar-refractivity contribution in [3.63, 3.8) is 0 Å². The Morgan fingerprint density at radius 1 is 1.42 bits per heavy atom. The number of carbonyl (C=O) groups is 1. The van der Waals surface area contributed by atoms with E-state index in [0.717, 1.165) is 32.3 Å². The van der Waals surface area contributed by atoms with Crippen molar-refractivity contribution in [2.75, 3.05) is 18.1 Å². The normalized spacial score (nSPS) is 26.4. The molecular formula is C15H20O2S2. The number of thioether (sulfide) groups is 1. The van der Waals surface area contributed by atoms with Crippen LogP contribution < -0.4 is 0 Å². The smallest absolute Gasteiger partial charge is 0.140 e. The van der Waals surface area contributed by atoms with Crippen molar-refractivity contribution in [2.45, 2.75) is 37.7 Å². The first-order chi connectivity index (χ1) is 9.27. The predicted octanol–water partition coefficient (Wildman–Crippen LogP) is 3.55. The molecule has 2 saturated heterocycles. The second-order valence-corrected chi connectivity index (χ2v) is 7.61. The van der Waals surface area contributed by atoms with E-state index in [1.807, 2.05) is 17.1 Å². The summed E-state index contributed by atoms with van der Waals surface area (Å²) >= 11 is 3.68. The second-order valence-electron chi connectivity index (χ2n) is 5.61. The highest BCUT2D eigenvalue weighted by atomic mass is 32.2. The second kappa shape index (κ2) is 5.98. The minimum atomic E-state index is 0.0263. The van der Waals surface area contributed by atoms with Crippen molar-refractivity contribution in [3.05, 3.63) is 22.4 Å². The lowest BCUT2D eigenvalue weighted by Gasteiger charge is -2.43. The van der Waals surface area contributed by atoms with Crippen LogP contribution >= 0.6 is 23.1 Å². The number of thiophene rings is 1. The van der Waals surface area contributed by atoms with Gasteiger partial charge in [0.1, 0.15) is 5.78 Å². The molecule has 0 radical (unpaired) electrons. The maximum absolute atomic E-state index is 12.4. The van der Waals surface area contributed by atoms with Crippen molar-refractivity contribution >= 4 is 28.9 Å². The van der Waals surface area contributed by atoms with Crippen LogP contribution in [-0.4, -0.2) is 29.5 Å². The van der Waals surface area contributed by atoms with Crippen molar-refractivity contribution in [1.82, 2.24) is 0 Å². The molecule has 1 spiro atoms. The predicted molar refractivity (Wildman–Crippen MR) is 81.0 cm³/mol. The molecule has 1 aromatic heterocycles. The van der Waals surface area contributed by atoms with E-state index in [1.165, 1.54) is 17.1 Å².